The fourth-order valence-electron chi connectivity index (χ4n) is 7.71. The number of nitrogens with zero attached hydrogens (tertiary/aromatic N) is 4. The first-order valence-electron chi connectivity index (χ1n) is 22.3. The molecule has 8 heteroatoms. The van der Waals surface area contributed by atoms with Crippen LogP contribution in [0.15, 0.2) is 72.8 Å². The second kappa shape index (κ2) is 24.2. The van der Waals surface area contributed by atoms with Crippen molar-refractivity contribution in [3.63, 3.8) is 0 Å². The molecule has 0 N–H and O–H groups in total. The molecule has 320 valence electrons. The molecule has 0 radical (unpaired) electrons. The quantitative estimate of drug-likeness (QED) is 0.101. The minimum Gasteiger partial charge on any atom is -0.699 e. The zero-order valence-corrected chi connectivity index (χ0v) is 46.6. The molecule has 4 rings (SSSR count). The summed E-state index contributed by atoms with van der Waals surface area (Å²) >= 11 is 0. The number of rotatable bonds is 16. The summed E-state index contributed by atoms with van der Waals surface area (Å²) in [5.74, 6) is 3.60. The molecule has 0 spiro atoms. The maximum atomic E-state index is 5.40. The van der Waals surface area contributed by atoms with E-state index in [0.717, 1.165) is 0 Å². The van der Waals surface area contributed by atoms with Gasteiger partial charge in [0.05, 0.1) is 0 Å². The summed E-state index contributed by atoms with van der Waals surface area (Å²) < 4.78 is 0. The number of benzene rings is 4. The van der Waals surface area contributed by atoms with E-state index in [1.165, 1.54) is 67.3 Å². The van der Waals surface area contributed by atoms with E-state index in [2.05, 4.69) is 210 Å². The Balaban J connectivity index is 0.000000581. The van der Waals surface area contributed by atoms with Crippen molar-refractivity contribution >= 4 is 85.6 Å². The molecular formula is C52H80Mg2N4Si2. The van der Waals surface area contributed by atoms with E-state index in [4.69, 9.17) is 19.9 Å². The average Bonchev–Trinajstić information content (AvgIpc) is 3.10. The van der Waals surface area contributed by atoms with E-state index in [1.807, 2.05) is 0 Å². The third kappa shape index (κ3) is 15.1. The number of hydrogen-bond donors (Lipinski definition) is 0. The molecule has 0 saturated heterocycles. The van der Waals surface area contributed by atoms with Crippen LogP contribution in [0.2, 0.25) is 26.2 Å². The van der Waals surface area contributed by atoms with Gasteiger partial charge in [0.15, 0.2) is 0 Å². The molecule has 4 aromatic rings. The molecule has 0 aliphatic heterocycles. The minimum absolute atomic E-state index is 0. The monoisotopic (exact) mass is 865 g/mol. The first-order valence-corrected chi connectivity index (χ1v) is 28.1. The van der Waals surface area contributed by atoms with Crippen LogP contribution >= 0.6 is 0 Å². The smallest absolute Gasteiger partial charge is 0.699 e. The van der Waals surface area contributed by atoms with Gasteiger partial charge < -0.3 is 19.9 Å². The summed E-state index contributed by atoms with van der Waals surface area (Å²) in [6, 6.07) is 26.6. The maximum absolute atomic E-state index is 5.40. The predicted octanol–water partition coefficient (Wildman–Crippen LogP) is 18.4. The molecule has 0 unspecified atom stereocenters. The van der Waals surface area contributed by atoms with Crippen molar-refractivity contribution in [1.29, 1.82) is 0 Å². The van der Waals surface area contributed by atoms with E-state index in [1.54, 1.807) is 0 Å². The molecule has 0 fully saturated rings. The van der Waals surface area contributed by atoms with E-state index in [0.29, 0.717) is 47.3 Å². The third-order valence-electron chi connectivity index (χ3n) is 10.9. The molecule has 0 bridgehead atoms. The summed E-state index contributed by atoms with van der Waals surface area (Å²) in [5.41, 5.74) is 15.5. The fraction of sp³-hybridized carbons (Fsp3) is 0.538. The van der Waals surface area contributed by atoms with Crippen LogP contribution in [-0.2, 0) is 0 Å². The summed E-state index contributed by atoms with van der Waals surface area (Å²) in [6.45, 7) is 45.2. The second-order valence-electron chi connectivity index (χ2n) is 19.8. The zero-order valence-electron chi connectivity index (χ0n) is 41.8. The van der Waals surface area contributed by atoms with Crippen LogP contribution in [0.3, 0.4) is 0 Å². The van der Waals surface area contributed by atoms with Crippen LogP contribution in [0.25, 0.3) is 19.9 Å². The molecule has 0 aromatic heterocycles. The molecule has 0 aliphatic carbocycles. The Morgan fingerprint density at radius 2 is 0.383 bits per heavy atom. The third-order valence-corrected chi connectivity index (χ3v) is 14.0. The Bertz CT molecular complexity index is 1550. The Labute approximate surface area is 404 Å². The molecule has 0 heterocycles. The van der Waals surface area contributed by atoms with Gasteiger partial charge in [-0.05, 0) is 47.3 Å². The SMILES string of the molecule is CC(C)c1cccc(C(C)C)c1[N-][Si](C)(C)[N-]c1c(C(C)C)cccc1C(C)C.CC(C)c1cccc(C(C)C)c1[N-][Si](C)(C)[N-]c1c(C(C)C)cccc1C(C)C.[Mg+2].[Mg+2]. The summed E-state index contributed by atoms with van der Waals surface area (Å²) in [7, 11) is -4.49. The number of hydrogen-bond acceptors (Lipinski definition) is 0. The van der Waals surface area contributed by atoms with Crippen LogP contribution in [0.1, 0.15) is 203 Å². The molecule has 0 aliphatic rings. The molecular weight excluding hydrogens is 785 g/mol. The van der Waals surface area contributed by atoms with Crippen molar-refractivity contribution in [2.45, 2.75) is 184 Å². The Hall–Kier alpha value is -1.95. The maximum Gasteiger partial charge on any atom is 2.00 e. The summed E-state index contributed by atoms with van der Waals surface area (Å²) in [6.07, 6.45) is 0. The first kappa shape index (κ1) is 56.1. The standard InChI is InChI=1S/2C26H40N2Si.2Mg/c2*1-17(2)21-13-11-14-22(18(3)4)25(21)27-29(9,10)28-26-23(19(5)6)15-12-16-24(26)20(7)8;;/h2*11-20H,1-10H3;;/q2*-2;2*+2. The van der Waals surface area contributed by atoms with Gasteiger partial charge in [0.1, 0.15) is 0 Å². The largest absolute Gasteiger partial charge is 2.00 e. The van der Waals surface area contributed by atoms with Crippen molar-refractivity contribution in [3.05, 3.63) is 137 Å². The van der Waals surface area contributed by atoms with Crippen LogP contribution in [0, 0.1) is 0 Å². The average molecular weight is 866 g/mol. The van der Waals surface area contributed by atoms with Crippen LogP contribution in [0.5, 0.6) is 0 Å². The first-order chi connectivity index (χ1) is 26.9. The summed E-state index contributed by atoms with van der Waals surface area (Å²) in [5, 5.41) is 0. The Kier molecular flexibility index (Phi) is 22.6. The normalized spacial score (nSPS) is 11.9. The Morgan fingerprint density at radius 1 is 0.267 bits per heavy atom. The van der Waals surface area contributed by atoms with Crippen molar-refractivity contribution in [2.75, 3.05) is 0 Å². The fourth-order valence-corrected chi connectivity index (χ4v) is 11.0. The molecule has 0 saturated carbocycles. The van der Waals surface area contributed by atoms with Crippen LogP contribution in [0.4, 0.5) is 22.7 Å². The van der Waals surface area contributed by atoms with Crippen molar-refractivity contribution in [3.8, 4) is 0 Å². The van der Waals surface area contributed by atoms with Crippen LogP contribution < -0.4 is 0 Å². The van der Waals surface area contributed by atoms with E-state index < -0.39 is 16.8 Å². The van der Waals surface area contributed by atoms with Gasteiger partial charge in [-0.2, -0.15) is 0 Å². The molecule has 4 aromatic carbocycles. The molecule has 60 heavy (non-hydrogen) atoms. The second-order valence-corrected chi connectivity index (χ2v) is 26.7. The topological polar surface area (TPSA) is 56.4 Å². The van der Waals surface area contributed by atoms with Crippen molar-refractivity contribution in [1.82, 2.24) is 0 Å². The van der Waals surface area contributed by atoms with Gasteiger partial charge in [0.25, 0.3) is 0 Å². The van der Waals surface area contributed by atoms with Gasteiger partial charge in [-0.15, -0.1) is 65.7 Å². The van der Waals surface area contributed by atoms with Gasteiger partial charge in [0.2, 0.25) is 0 Å². The van der Waals surface area contributed by atoms with Gasteiger partial charge in [-0.1, -0.05) is 228 Å². The molecule has 0 atom stereocenters. The predicted molar refractivity (Wildman–Crippen MR) is 277 cm³/mol. The van der Waals surface area contributed by atoms with E-state index >= 15 is 0 Å². The van der Waals surface area contributed by atoms with Crippen LogP contribution in [-0.4, -0.2) is 62.9 Å². The van der Waals surface area contributed by atoms with E-state index in [9.17, 15) is 0 Å². The van der Waals surface area contributed by atoms with Crippen molar-refractivity contribution in [2.24, 2.45) is 0 Å². The zero-order chi connectivity index (χ0) is 43.9. The summed E-state index contributed by atoms with van der Waals surface area (Å²) in [4.78, 5) is 21.6. The van der Waals surface area contributed by atoms with Gasteiger partial charge in [-0.25, -0.2) is 0 Å². The minimum atomic E-state index is -2.24. The Morgan fingerprint density at radius 3 is 0.483 bits per heavy atom. The van der Waals surface area contributed by atoms with Gasteiger partial charge in [-0.3, -0.25) is 0 Å². The van der Waals surface area contributed by atoms with Gasteiger partial charge in [0, 0.05) is 0 Å². The van der Waals surface area contributed by atoms with Gasteiger partial charge >= 0.3 is 46.1 Å². The molecule has 0 amide bonds. The molecule has 4 nitrogen and oxygen atoms in total. The van der Waals surface area contributed by atoms with Crippen molar-refractivity contribution < 1.29 is 0 Å². The van der Waals surface area contributed by atoms with E-state index in [-0.39, 0.29) is 46.1 Å².